The maximum atomic E-state index is 14.4. The Balaban J connectivity index is 2.08. The highest BCUT2D eigenvalue weighted by Crippen LogP contribution is 2.41. The molecule has 0 saturated carbocycles. The molecule has 0 amide bonds. The Morgan fingerprint density at radius 1 is 1.10 bits per heavy atom. The van der Waals surface area contributed by atoms with Crippen molar-refractivity contribution in [2.45, 2.75) is 78.1 Å². The highest BCUT2D eigenvalue weighted by Gasteiger charge is 2.29. The summed E-state index contributed by atoms with van der Waals surface area (Å²) in [5.41, 5.74) is 2.28. The third kappa shape index (κ3) is 6.48. The zero-order valence-electron chi connectivity index (χ0n) is 19.5. The van der Waals surface area contributed by atoms with E-state index >= 15 is 0 Å². The van der Waals surface area contributed by atoms with Crippen LogP contribution in [0, 0.1) is 11.7 Å². The van der Waals surface area contributed by atoms with E-state index in [1.165, 1.54) is 0 Å². The van der Waals surface area contributed by atoms with E-state index in [0.717, 1.165) is 48.5 Å². The monoisotopic (exact) mass is 419 g/mol. The molecule has 0 aliphatic carbocycles. The number of rotatable bonds is 7. The first-order valence-electron chi connectivity index (χ1n) is 10.9. The van der Waals surface area contributed by atoms with Crippen LogP contribution in [0.15, 0.2) is 24.4 Å². The van der Waals surface area contributed by atoms with Gasteiger partial charge in [-0.3, -0.25) is 4.79 Å². The van der Waals surface area contributed by atoms with Crippen LogP contribution in [0.4, 0.5) is 4.39 Å². The lowest BCUT2D eigenvalue weighted by molar-refractivity contribution is -0.137. The molecule has 2 rings (SSSR count). The number of halogens is 1. The number of hydrogen-bond acceptors (Lipinski definition) is 3. The van der Waals surface area contributed by atoms with Gasteiger partial charge in [0.1, 0.15) is 11.6 Å². The summed E-state index contributed by atoms with van der Waals surface area (Å²) in [5.74, 6) is 0.234. The van der Waals surface area contributed by atoms with Gasteiger partial charge in [0.25, 0.3) is 0 Å². The van der Waals surface area contributed by atoms with Crippen molar-refractivity contribution in [1.82, 2.24) is 4.90 Å². The van der Waals surface area contributed by atoms with E-state index in [0.29, 0.717) is 18.9 Å². The first-order valence-corrected chi connectivity index (χ1v) is 10.9. The van der Waals surface area contributed by atoms with Crippen molar-refractivity contribution < 1.29 is 19.0 Å². The molecule has 5 heteroatoms. The molecule has 1 aromatic carbocycles. The quantitative estimate of drug-likeness (QED) is 0.599. The van der Waals surface area contributed by atoms with E-state index in [1.807, 2.05) is 0 Å². The number of carboxylic acid groups (broad SMARTS) is 1. The molecule has 1 aliphatic rings. The highest BCUT2D eigenvalue weighted by molar-refractivity contribution is 5.66. The van der Waals surface area contributed by atoms with Crippen LogP contribution in [0.2, 0.25) is 0 Å². The summed E-state index contributed by atoms with van der Waals surface area (Å²) in [6.45, 7) is 18.9. The Bertz CT molecular complexity index is 731. The molecule has 1 heterocycles. The van der Waals surface area contributed by atoms with Gasteiger partial charge in [-0.2, -0.15) is 0 Å². The molecule has 0 bridgehead atoms. The molecule has 0 radical (unpaired) electrons. The summed E-state index contributed by atoms with van der Waals surface area (Å²) in [6, 6.07) is 3.22. The Hall–Kier alpha value is -2.04. The number of allylic oxidation sites excluding steroid dienone is 1. The Morgan fingerprint density at radius 3 is 2.03 bits per heavy atom. The topological polar surface area (TPSA) is 49.8 Å². The molecule has 1 saturated heterocycles. The third-order valence-corrected chi connectivity index (χ3v) is 5.82. The fraction of sp³-hybridized carbons (Fsp3) is 0.640. The van der Waals surface area contributed by atoms with Gasteiger partial charge < -0.3 is 14.7 Å². The summed E-state index contributed by atoms with van der Waals surface area (Å²) < 4.78 is 20.8. The minimum Gasteiger partial charge on any atom is -0.493 e. The minimum atomic E-state index is -0.789. The summed E-state index contributed by atoms with van der Waals surface area (Å²) >= 11 is 0. The molecule has 4 nitrogen and oxygen atoms in total. The van der Waals surface area contributed by atoms with Crippen LogP contribution in [-0.2, 0) is 15.6 Å². The van der Waals surface area contributed by atoms with Crippen LogP contribution in [0.5, 0.6) is 5.75 Å². The van der Waals surface area contributed by atoms with Crippen LogP contribution in [0.25, 0.3) is 0 Å². The molecule has 1 N–H and O–H groups in total. The number of ether oxygens (including phenoxy) is 1. The molecule has 0 spiro atoms. The summed E-state index contributed by atoms with van der Waals surface area (Å²) in [7, 11) is 0. The summed E-state index contributed by atoms with van der Waals surface area (Å²) in [5, 5.41) is 8.86. The van der Waals surface area contributed by atoms with E-state index in [-0.39, 0.29) is 23.1 Å². The lowest BCUT2D eigenvalue weighted by atomic mass is 9.79. The van der Waals surface area contributed by atoms with Gasteiger partial charge in [0.05, 0.1) is 13.0 Å². The zero-order chi connectivity index (χ0) is 22.7. The van der Waals surface area contributed by atoms with Crippen molar-refractivity contribution in [3.63, 3.8) is 0 Å². The summed E-state index contributed by atoms with van der Waals surface area (Å²) in [6.07, 6.45) is 2.57. The van der Waals surface area contributed by atoms with Crippen molar-refractivity contribution in [2.75, 3.05) is 19.7 Å². The Morgan fingerprint density at radius 2 is 1.60 bits per heavy atom. The van der Waals surface area contributed by atoms with Crippen molar-refractivity contribution in [1.29, 1.82) is 0 Å². The van der Waals surface area contributed by atoms with Crippen LogP contribution in [0.3, 0.4) is 0 Å². The largest absolute Gasteiger partial charge is 0.493 e. The molecule has 168 valence electrons. The van der Waals surface area contributed by atoms with E-state index in [4.69, 9.17) is 9.84 Å². The van der Waals surface area contributed by atoms with Gasteiger partial charge in [0.15, 0.2) is 0 Å². The van der Waals surface area contributed by atoms with Crippen molar-refractivity contribution in [2.24, 2.45) is 5.92 Å². The van der Waals surface area contributed by atoms with Crippen molar-refractivity contribution in [3.8, 4) is 5.75 Å². The van der Waals surface area contributed by atoms with Gasteiger partial charge in [-0.1, -0.05) is 48.1 Å². The molecule has 1 fully saturated rings. The first kappa shape index (κ1) is 24.2. The fourth-order valence-corrected chi connectivity index (χ4v) is 3.89. The molecule has 1 aliphatic heterocycles. The predicted octanol–water partition coefficient (Wildman–Crippen LogP) is 5.89. The average Bonchev–Trinajstić information content (AvgIpc) is 2.63. The lowest BCUT2D eigenvalue weighted by Gasteiger charge is -2.35. The van der Waals surface area contributed by atoms with Crippen molar-refractivity contribution >= 4 is 5.97 Å². The number of carboxylic acids is 1. The third-order valence-electron chi connectivity index (χ3n) is 5.82. The fourth-order valence-electron chi connectivity index (χ4n) is 3.89. The smallest absolute Gasteiger partial charge is 0.303 e. The molecule has 1 aromatic rings. The predicted molar refractivity (Wildman–Crippen MR) is 120 cm³/mol. The number of nitrogens with zero attached hydrogens (tertiary/aromatic N) is 1. The second-order valence-corrected chi connectivity index (χ2v) is 10.5. The molecular formula is C25H38FNO3. The maximum Gasteiger partial charge on any atom is 0.303 e. The van der Waals surface area contributed by atoms with E-state index in [1.54, 1.807) is 12.1 Å². The molecular weight excluding hydrogens is 381 g/mol. The number of carbonyl (C=O) groups is 1. The SMILES string of the molecule is C=C(CCC(=O)O)N1CCC(COc2c(C(C)(C)C)cc(F)cc2C(C)(C)C)CC1. The van der Waals surface area contributed by atoms with Crippen LogP contribution < -0.4 is 4.74 Å². The van der Waals surface area contributed by atoms with E-state index in [9.17, 15) is 9.18 Å². The van der Waals surface area contributed by atoms with Gasteiger partial charge in [-0.05, 0) is 48.1 Å². The highest BCUT2D eigenvalue weighted by atomic mass is 19.1. The molecule has 0 aromatic heterocycles. The van der Waals surface area contributed by atoms with Crippen LogP contribution in [0.1, 0.15) is 78.4 Å². The van der Waals surface area contributed by atoms with Gasteiger partial charge in [0.2, 0.25) is 0 Å². The number of hydrogen-bond donors (Lipinski definition) is 1. The summed E-state index contributed by atoms with van der Waals surface area (Å²) in [4.78, 5) is 13.0. The van der Waals surface area contributed by atoms with Gasteiger partial charge in [-0.25, -0.2) is 4.39 Å². The average molecular weight is 420 g/mol. The zero-order valence-corrected chi connectivity index (χ0v) is 19.5. The van der Waals surface area contributed by atoms with Gasteiger partial charge >= 0.3 is 5.97 Å². The lowest BCUT2D eigenvalue weighted by Crippen LogP contribution is -2.35. The van der Waals surface area contributed by atoms with E-state index in [2.05, 4.69) is 53.0 Å². The molecule has 0 unspecified atom stereocenters. The number of piperidine rings is 1. The Labute approximate surface area is 181 Å². The normalized spacial score (nSPS) is 15.9. The van der Waals surface area contributed by atoms with Crippen molar-refractivity contribution in [3.05, 3.63) is 41.4 Å². The second-order valence-electron chi connectivity index (χ2n) is 10.5. The van der Waals surface area contributed by atoms with Gasteiger partial charge in [0, 0.05) is 29.9 Å². The molecule has 0 atom stereocenters. The number of aliphatic carboxylic acids is 1. The molecule has 30 heavy (non-hydrogen) atoms. The van der Waals surface area contributed by atoms with Gasteiger partial charge in [-0.15, -0.1) is 0 Å². The van der Waals surface area contributed by atoms with Crippen LogP contribution in [-0.4, -0.2) is 35.7 Å². The number of likely N-dealkylation sites (tertiary alicyclic amines) is 1. The minimum absolute atomic E-state index is 0.123. The first-order chi connectivity index (χ1) is 13.8. The van der Waals surface area contributed by atoms with E-state index < -0.39 is 5.97 Å². The standard InChI is InChI=1S/C25H38FNO3/c1-17(8-9-22(28)29)27-12-10-18(11-13-27)16-30-23-20(24(2,3)4)14-19(26)15-21(23)25(5,6)7/h14-15,18H,1,8-13,16H2,2-7H3,(H,28,29). The number of benzene rings is 1. The second kappa shape index (κ2) is 9.40. The Kier molecular flexibility index (Phi) is 7.59. The van der Waals surface area contributed by atoms with Crippen LogP contribution >= 0.6 is 0 Å². The maximum absolute atomic E-state index is 14.4.